The quantitative estimate of drug-likeness (QED) is 0.0563. The first kappa shape index (κ1) is 31.0. The fraction of sp³-hybridized carbons (Fsp3) is 0.632. The Kier molecular flexibility index (Phi) is 13.4. The van der Waals surface area contributed by atoms with E-state index >= 15 is 0 Å². The number of hydrogen-bond acceptors (Lipinski definition) is 8. The van der Waals surface area contributed by atoms with Crippen molar-refractivity contribution in [1.29, 1.82) is 0 Å². The number of rotatable bonds is 16. The number of aliphatic imine (C=N–C) groups is 1. The van der Waals surface area contributed by atoms with Crippen LogP contribution in [0.25, 0.3) is 0 Å². The van der Waals surface area contributed by atoms with Crippen LogP contribution in [0.3, 0.4) is 0 Å². The third-order valence-electron chi connectivity index (χ3n) is 4.56. The molecule has 16 nitrogen and oxygen atoms in total. The van der Waals surface area contributed by atoms with Crippen LogP contribution in [-0.4, -0.2) is 87.6 Å². The zero-order chi connectivity index (χ0) is 27.3. The molecule has 0 saturated carbocycles. The van der Waals surface area contributed by atoms with Crippen LogP contribution in [0.15, 0.2) is 4.99 Å². The van der Waals surface area contributed by atoms with Gasteiger partial charge in [0.15, 0.2) is 5.96 Å². The molecule has 0 aliphatic heterocycles. The summed E-state index contributed by atoms with van der Waals surface area (Å²) in [6.07, 6.45) is -1.33. The second-order valence-corrected chi connectivity index (χ2v) is 7.94. The molecule has 4 atom stereocenters. The van der Waals surface area contributed by atoms with Crippen LogP contribution in [0, 0.1) is 5.92 Å². The van der Waals surface area contributed by atoms with Crippen molar-refractivity contribution < 1.29 is 44.1 Å². The van der Waals surface area contributed by atoms with Gasteiger partial charge >= 0.3 is 17.9 Å². The number of amides is 3. The van der Waals surface area contributed by atoms with Gasteiger partial charge in [-0.25, -0.2) is 4.79 Å². The lowest BCUT2D eigenvalue weighted by Crippen LogP contribution is -2.58. The number of carboxylic acid groups (broad SMARTS) is 3. The van der Waals surface area contributed by atoms with Crippen LogP contribution in [0.1, 0.15) is 39.5 Å². The van der Waals surface area contributed by atoms with Crippen LogP contribution >= 0.6 is 0 Å². The highest BCUT2D eigenvalue weighted by molar-refractivity contribution is 5.96. The minimum Gasteiger partial charge on any atom is -0.481 e. The molecule has 4 unspecified atom stereocenters. The smallest absolute Gasteiger partial charge is 0.326 e. The van der Waals surface area contributed by atoms with Gasteiger partial charge in [-0.3, -0.25) is 29.0 Å². The van der Waals surface area contributed by atoms with Crippen LogP contribution < -0.4 is 33.2 Å². The predicted molar refractivity (Wildman–Crippen MR) is 121 cm³/mol. The minimum absolute atomic E-state index is 0.114. The zero-order valence-corrected chi connectivity index (χ0v) is 19.4. The summed E-state index contributed by atoms with van der Waals surface area (Å²) in [5.74, 6) is -8.14. The Morgan fingerprint density at radius 2 is 1.31 bits per heavy atom. The SMILES string of the molecule is CC(C)C(NC(=O)C(N)CCCN=C(N)N)C(=O)NC(CC(=O)O)C(=O)NC(CC(=O)O)C(=O)O. The Morgan fingerprint density at radius 1 is 0.800 bits per heavy atom. The van der Waals surface area contributed by atoms with Crippen molar-refractivity contribution >= 4 is 41.6 Å². The van der Waals surface area contributed by atoms with Crippen molar-refractivity contribution in [2.75, 3.05) is 6.54 Å². The molecule has 0 heterocycles. The van der Waals surface area contributed by atoms with Crippen molar-refractivity contribution in [1.82, 2.24) is 16.0 Å². The predicted octanol–water partition coefficient (Wildman–Crippen LogP) is -3.49. The molecule has 0 spiro atoms. The third-order valence-corrected chi connectivity index (χ3v) is 4.56. The summed E-state index contributed by atoms with van der Waals surface area (Å²) in [5, 5.41) is 33.4. The molecular weight excluding hydrogens is 470 g/mol. The molecule has 0 aromatic heterocycles. The normalized spacial score (nSPS) is 14.1. The first-order chi connectivity index (χ1) is 16.1. The standard InChI is InChI=1S/C19H33N7O9/c1-8(2)14(26-15(31)9(20)4-3-5-23-19(21)22)17(33)24-10(6-12(27)28)16(32)25-11(18(34)35)7-13(29)30/h8-11,14H,3-7,20H2,1-2H3,(H,24,33)(H,25,32)(H,26,31)(H,27,28)(H,29,30)(H,34,35)(H4,21,22,23). The highest BCUT2D eigenvalue weighted by atomic mass is 16.4. The van der Waals surface area contributed by atoms with Gasteiger partial charge in [0.25, 0.3) is 0 Å². The summed E-state index contributed by atoms with van der Waals surface area (Å²) in [7, 11) is 0. The van der Waals surface area contributed by atoms with E-state index in [1.807, 2.05) is 5.32 Å². The molecule has 0 aromatic carbocycles. The molecule has 0 rings (SSSR count). The second kappa shape index (κ2) is 15.0. The van der Waals surface area contributed by atoms with Gasteiger partial charge < -0.3 is 48.5 Å². The molecular formula is C19H33N7O9. The van der Waals surface area contributed by atoms with E-state index in [9.17, 15) is 28.8 Å². The van der Waals surface area contributed by atoms with E-state index in [0.29, 0.717) is 6.42 Å². The van der Waals surface area contributed by atoms with Crippen molar-refractivity contribution in [2.45, 2.75) is 63.7 Å². The molecule has 35 heavy (non-hydrogen) atoms. The van der Waals surface area contributed by atoms with Gasteiger partial charge in [0.05, 0.1) is 18.9 Å². The van der Waals surface area contributed by atoms with Gasteiger partial charge in [0.2, 0.25) is 17.7 Å². The van der Waals surface area contributed by atoms with Crippen LogP contribution in [0.5, 0.6) is 0 Å². The number of carbonyl (C=O) groups is 6. The molecule has 0 fully saturated rings. The first-order valence-electron chi connectivity index (χ1n) is 10.5. The fourth-order valence-corrected chi connectivity index (χ4v) is 2.74. The summed E-state index contributed by atoms with van der Waals surface area (Å²) in [5.41, 5.74) is 16.2. The molecule has 0 aliphatic carbocycles. The highest BCUT2D eigenvalue weighted by Crippen LogP contribution is 2.06. The third kappa shape index (κ3) is 12.8. The number of carboxylic acids is 3. The van der Waals surface area contributed by atoms with Crippen molar-refractivity contribution in [3.8, 4) is 0 Å². The average molecular weight is 504 g/mol. The highest BCUT2D eigenvalue weighted by Gasteiger charge is 2.33. The Balaban J connectivity index is 5.35. The van der Waals surface area contributed by atoms with Gasteiger partial charge in [-0.15, -0.1) is 0 Å². The molecule has 0 saturated heterocycles. The van der Waals surface area contributed by atoms with Gasteiger partial charge in [-0.05, 0) is 18.8 Å². The van der Waals surface area contributed by atoms with Crippen molar-refractivity contribution in [3.05, 3.63) is 0 Å². The minimum atomic E-state index is -1.86. The summed E-state index contributed by atoms with van der Waals surface area (Å²) in [6.45, 7) is 3.39. The molecule has 16 heteroatoms. The van der Waals surface area contributed by atoms with Crippen molar-refractivity contribution in [3.63, 3.8) is 0 Å². The van der Waals surface area contributed by atoms with Crippen molar-refractivity contribution in [2.24, 2.45) is 28.1 Å². The Labute approximate surface area is 200 Å². The zero-order valence-electron chi connectivity index (χ0n) is 19.4. The summed E-state index contributed by atoms with van der Waals surface area (Å²) in [6, 6.07) is -5.83. The van der Waals surface area contributed by atoms with E-state index in [4.69, 9.17) is 32.5 Å². The van der Waals surface area contributed by atoms with E-state index in [1.165, 1.54) is 0 Å². The van der Waals surface area contributed by atoms with Gasteiger partial charge in [-0.1, -0.05) is 13.8 Å². The van der Waals surface area contributed by atoms with E-state index in [-0.39, 0.29) is 18.9 Å². The maximum Gasteiger partial charge on any atom is 0.326 e. The molecule has 0 aromatic rings. The fourth-order valence-electron chi connectivity index (χ4n) is 2.74. The van der Waals surface area contributed by atoms with Crippen LogP contribution in [0.2, 0.25) is 0 Å². The van der Waals surface area contributed by atoms with Gasteiger partial charge in [-0.2, -0.15) is 0 Å². The topological polar surface area (TPSA) is 290 Å². The molecule has 198 valence electrons. The van der Waals surface area contributed by atoms with E-state index in [1.54, 1.807) is 13.8 Å². The number of hydrogen-bond donors (Lipinski definition) is 9. The largest absolute Gasteiger partial charge is 0.481 e. The lowest BCUT2D eigenvalue weighted by molar-refractivity contribution is -0.148. The van der Waals surface area contributed by atoms with Crippen LogP contribution in [0.4, 0.5) is 0 Å². The van der Waals surface area contributed by atoms with Crippen LogP contribution in [-0.2, 0) is 28.8 Å². The molecule has 0 aliphatic rings. The Bertz CT molecular complexity index is 827. The Morgan fingerprint density at radius 3 is 1.77 bits per heavy atom. The summed E-state index contributed by atoms with van der Waals surface area (Å²) < 4.78 is 0. The maximum atomic E-state index is 12.8. The lowest BCUT2D eigenvalue weighted by Gasteiger charge is -2.26. The van der Waals surface area contributed by atoms with E-state index < -0.39 is 78.6 Å². The number of guanidine groups is 1. The monoisotopic (exact) mass is 503 g/mol. The van der Waals surface area contributed by atoms with Gasteiger partial charge in [0, 0.05) is 6.54 Å². The maximum absolute atomic E-state index is 12.8. The van der Waals surface area contributed by atoms with Gasteiger partial charge in [0.1, 0.15) is 18.1 Å². The molecule has 12 N–H and O–H groups in total. The summed E-state index contributed by atoms with van der Waals surface area (Å²) in [4.78, 5) is 74.6. The molecule has 0 radical (unpaired) electrons. The summed E-state index contributed by atoms with van der Waals surface area (Å²) >= 11 is 0. The number of nitrogens with two attached hydrogens (primary N) is 3. The number of nitrogens with one attached hydrogen (secondary N) is 3. The van der Waals surface area contributed by atoms with E-state index in [0.717, 1.165) is 0 Å². The average Bonchev–Trinajstić information content (AvgIpc) is 2.72. The number of nitrogens with zero attached hydrogens (tertiary/aromatic N) is 1. The number of aliphatic carboxylic acids is 3. The number of carbonyl (C=O) groups excluding carboxylic acids is 3. The molecule has 3 amide bonds. The molecule has 0 bridgehead atoms. The second-order valence-electron chi connectivity index (χ2n) is 7.94. The lowest BCUT2D eigenvalue weighted by atomic mass is 10.0. The Hall–Kier alpha value is -3.95. The van der Waals surface area contributed by atoms with E-state index in [2.05, 4.69) is 15.6 Å². The first-order valence-corrected chi connectivity index (χ1v) is 10.5.